The fourth-order valence-electron chi connectivity index (χ4n) is 1.63. The van der Waals surface area contributed by atoms with Gasteiger partial charge in [-0.3, -0.25) is 19.3 Å². The minimum atomic E-state index is -1.58. The molecule has 0 aliphatic carbocycles. The molecule has 3 amide bonds. The van der Waals surface area contributed by atoms with Crippen LogP contribution in [0.25, 0.3) is 0 Å². The van der Waals surface area contributed by atoms with Crippen LogP contribution in [0.3, 0.4) is 0 Å². The van der Waals surface area contributed by atoms with Gasteiger partial charge in [0, 0.05) is 36.8 Å². The molecule has 0 spiro atoms. The molecule has 0 rings (SSSR count). The molecule has 24 heavy (non-hydrogen) atoms. The number of allylic oxidation sites excluding steroid dienone is 2. The first-order valence-corrected chi connectivity index (χ1v) is 8.15. The Morgan fingerprint density at radius 3 is 2.50 bits per heavy atom. The number of thiol groups is 1. The van der Waals surface area contributed by atoms with E-state index in [1.54, 1.807) is 0 Å². The molecular weight excluding hydrogens is 332 g/mol. The van der Waals surface area contributed by atoms with Gasteiger partial charge in [-0.2, -0.15) is 12.6 Å². The van der Waals surface area contributed by atoms with E-state index in [2.05, 4.69) is 24.5 Å². The lowest BCUT2D eigenvalue weighted by Gasteiger charge is -2.31. The van der Waals surface area contributed by atoms with Crippen molar-refractivity contribution in [3.63, 3.8) is 0 Å². The van der Waals surface area contributed by atoms with Crippen molar-refractivity contribution >= 4 is 30.4 Å². The largest absolute Gasteiger partial charge is 0.396 e. The number of nitrogens with one attached hydrogen (secondary N) is 1. The van der Waals surface area contributed by atoms with Gasteiger partial charge in [0.05, 0.1) is 6.61 Å². The second-order valence-corrected chi connectivity index (χ2v) is 6.24. The second-order valence-electron chi connectivity index (χ2n) is 5.80. The molecule has 0 aliphatic rings. The minimum absolute atomic E-state index is 0.0978. The summed E-state index contributed by atoms with van der Waals surface area (Å²) in [5, 5.41) is 22.0. The van der Waals surface area contributed by atoms with Gasteiger partial charge in [-0.15, -0.1) is 0 Å². The number of carbonyl (C=O) groups is 3. The van der Waals surface area contributed by atoms with Gasteiger partial charge in [0.25, 0.3) is 11.8 Å². The molecule has 8 heteroatoms. The fraction of sp³-hybridized carbons (Fsp3) is 0.562. The molecule has 0 unspecified atom stereocenters. The highest BCUT2D eigenvalue weighted by atomic mass is 32.1. The van der Waals surface area contributed by atoms with Crippen LogP contribution >= 0.6 is 12.6 Å². The van der Waals surface area contributed by atoms with Gasteiger partial charge in [0.1, 0.15) is 6.10 Å². The molecule has 7 nitrogen and oxygen atoms in total. The highest BCUT2D eigenvalue weighted by Crippen LogP contribution is 2.21. The number of imide groups is 1. The molecule has 0 saturated heterocycles. The molecule has 3 N–H and O–H groups in total. The second kappa shape index (κ2) is 11.0. The lowest BCUT2D eigenvalue weighted by Crippen LogP contribution is -2.50. The van der Waals surface area contributed by atoms with Gasteiger partial charge in [-0.05, 0) is 0 Å². The van der Waals surface area contributed by atoms with Gasteiger partial charge >= 0.3 is 0 Å². The fourth-order valence-corrected chi connectivity index (χ4v) is 1.75. The summed E-state index contributed by atoms with van der Waals surface area (Å²) >= 11 is 3.97. The molecule has 0 heterocycles. The zero-order valence-corrected chi connectivity index (χ0v) is 15.0. The summed E-state index contributed by atoms with van der Waals surface area (Å²) in [6, 6.07) is 0. The van der Waals surface area contributed by atoms with Crippen LogP contribution in [0.5, 0.6) is 0 Å². The van der Waals surface area contributed by atoms with Crippen LogP contribution in [-0.2, 0) is 14.4 Å². The molecule has 136 valence electrons. The molecule has 0 bridgehead atoms. The van der Waals surface area contributed by atoms with E-state index in [9.17, 15) is 24.6 Å². The Bertz CT molecular complexity index is 491. The SMILES string of the molecule is C=CC=CC(=O)N(CCC(=O)NCCS)C(=O)[C@H](O)C(C)(C)CO. The number of carbonyl (C=O) groups excluding carboxylic acids is 3. The first-order valence-electron chi connectivity index (χ1n) is 7.52. The van der Waals surface area contributed by atoms with E-state index in [0.29, 0.717) is 12.3 Å². The van der Waals surface area contributed by atoms with Crippen molar-refractivity contribution < 1.29 is 24.6 Å². The van der Waals surface area contributed by atoms with E-state index in [1.165, 1.54) is 26.0 Å². The lowest BCUT2D eigenvalue weighted by molar-refractivity contribution is -0.154. The normalized spacial score (nSPS) is 12.7. The van der Waals surface area contributed by atoms with Gasteiger partial charge in [-0.1, -0.05) is 32.6 Å². The first-order chi connectivity index (χ1) is 11.2. The van der Waals surface area contributed by atoms with Crippen LogP contribution in [0.1, 0.15) is 20.3 Å². The molecule has 0 aromatic rings. The van der Waals surface area contributed by atoms with Crippen molar-refractivity contribution in [3.8, 4) is 0 Å². The number of rotatable bonds is 10. The molecule has 0 radical (unpaired) electrons. The van der Waals surface area contributed by atoms with Crippen molar-refractivity contribution in [2.45, 2.75) is 26.4 Å². The van der Waals surface area contributed by atoms with Crippen molar-refractivity contribution in [3.05, 3.63) is 24.8 Å². The number of nitrogens with zero attached hydrogens (tertiary/aromatic N) is 1. The third-order valence-electron chi connectivity index (χ3n) is 3.29. The Labute approximate surface area is 147 Å². The smallest absolute Gasteiger partial charge is 0.258 e. The number of amides is 3. The zero-order chi connectivity index (χ0) is 18.8. The molecule has 0 aromatic carbocycles. The van der Waals surface area contributed by atoms with Crippen LogP contribution in [0, 0.1) is 5.41 Å². The van der Waals surface area contributed by atoms with E-state index in [0.717, 1.165) is 11.0 Å². The topological polar surface area (TPSA) is 107 Å². The van der Waals surface area contributed by atoms with Crippen LogP contribution in [-0.4, -0.2) is 64.4 Å². The minimum Gasteiger partial charge on any atom is -0.396 e. The summed E-state index contributed by atoms with van der Waals surface area (Å²) in [6.07, 6.45) is 2.17. The summed E-state index contributed by atoms with van der Waals surface area (Å²) in [5.41, 5.74) is -1.12. The number of hydrogen-bond donors (Lipinski definition) is 4. The third-order valence-corrected chi connectivity index (χ3v) is 3.51. The number of hydrogen-bond acceptors (Lipinski definition) is 6. The molecule has 0 aliphatic heterocycles. The lowest BCUT2D eigenvalue weighted by atomic mass is 9.86. The molecular formula is C16H26N2O5S. The van der Waals surface area contributed by atoms with Crippen molar-refractivity contribution in [1.82, 2.24) is 10.2 Å². The van der Waals surface area contributed by atoms with Crippen LogP contribution < -0.4 is 5.32 Å². The van der Waals surface area contributed by atoms with E-state index in [1.807, 2.05) is 0 Å². The first kappa shape index (κ1) is 22.4. The van der Waals surface area contributed by atoms with E-state index in [-0.39, 0.29) is 18.9 Å². The van der Waals surface area contributed by atoms with Crippen molar-refractivity contribution in [1.29, 1.82) is 0 Å². The Hall–Kier alpha value is -1.64. The predicted octanol–water partition coefficient (Wildman–Crippen LogP) is -0.101. The van der Waals surface area contributed by atoms with Gasteiger partial charge in [0.2, 0.25) is 5.91 Å². The Morgan fingerprint density at radius 2 is 2.00 bits per heavy atom. The summed E-state index contributed by atoms with van der Waals surface area (Å²) < 4.78 is 0. The van der Waals surface area contributed by atoms with Gasteiger partial charge in [0.15, 0.2) is 0 Å². The quantitative estimate of drug-likeness (QED) is 0.248. The standard InChI is InChI=1S/C16H26N2O5S/c1-4-5-6-13(21)18(9-7-12(20)17-8-10-24)15(23)14(22)16(2,3)11-19/h4-6,14,19,22,24H,1,7-11H2,2-3H3,(H,17,20)/t14-/m0/s1. The Balaban J connectivity index is 5.15. The van der Waals surface area contributed by atoms with Crippen molar-refractivity contribution in [2.75, 3.05) is 25.4 Å². The Kier molecular flexibility index (Phi) is 10.3. The third kappa shape index (κ3) is 7.29. The summed E-state index contributed by atoms with van der Waals surface area (Å²) in [7, 11) is 0. The van der Waals surface area contributed by atoms with Crippen LogP contribution in [0.15, 0.2) is 24.8 Å². The zero-order valence-electron chi connectivity index (χ0n) is 14.1. The maximum atomic E-state index is 12.4. The predicted molar refractivity (Wildman–Crippen MR) is 94.4 cm³/mol. The van der Waals surface area contributed by atoms with E-state index < -0.39 is 29.9 Å². The highest BCUT2D eigenvalue weighted by Gasteiger charge is 2.37. The number of aliphatic hydroxyl groups is 2. The van der Waals surface area contributed by atoms with Crippen LogP contribution in [0.2, 0.25) is 0 Å². The molecule has 1 atom stereocenters. The van der Waals surface area contributed by atoms with Gasteiger partial charge < -0.3 is 15.5 Å². The monoisotopic (exact) mass is 358 g/mol. The molecule has 0 saturated carbocycles. The summed E-state index contributed by atoms with van der Waals surface area (Å²) in [5.74, 6) is -1.40. The number of aliphatic hydroxyl groups excluding tert-OH is 2. The highest BCUT2D eigenvalue weighted by molar-refractivity contribution is 7.80. The average molecular weight is 358 g/mol. The summed E-state index contributed by atoms with van der Waals surface area (Å²) in [4.78, 5) is 37.0. The van der Waals surface area contributed by atoms with E-state index >= 15 is 0 Å². The van der Waals surface area contributed by atoms with Crippen molar-refractivity contribution in [2.24, 2.45) is 5.41 Å². The molecule has 0 aromatic heterocycles. The molecule has 0 fully saturated rings. The Morgan fingerprint density at radius 1 is 1.38 bits per heavy atom. The maximum Gasteiger partial charge on any atom is 0.258 e. The van der Waals surface area contributed by atoms with Crippen LogP contribution in [0.4, 0.5) is 0 Å². The van der Waals surface area contributed by atoms with E-state index in [4.69, 9.17) is 0 Å². The maximum absolute atomic E-state index is 12.4. The van der Waals surface area contributed by atoms with Gasteiger partial charge in [-0.25, -0.2) is 0 Å². The summed E-state index contributed by atoms with van der Waals surface area (Å²) in [6.45, 7) is 6.18. The average Bonchev–Trinajstić information content (AvgIpc) is 2.56.